The number of halogens is 2. The van der Waals surface area contributed by atoms with Gasteiger partial charge < -0.3 is 4.74 Å². The number of non-ortho nitro benzene ring substituents is 1. The molecule has 0 saturated heterocycles. The molecule has 0 atom stereocenters. The molecular formula is C11H9Cl2NO4. The third-order valence-corrected chi connectivity index (χ3v) is 2.63. The molecule has 0 unspecified atom stereocenters. The molecule has 0 saturated carbocycles. The standard InChI is InChI=1S/C11H9Cl2NO4/c1-7(15)10-4-9(14(16)17)2-3-11(10)18-6-8(13)5-12/h2-5H,6H2,1H3/b8-5-. The second-order valence-corrected chi connectivity index (χ2v) is 4.04. The Morgan fingerprint density at radius 2 is 2.22 bits per heavy atom. The molecule has 0 N–H and O–H groups in total. The predicted octanol–water partition coefficient (Wildman–Crippen LogP) is 3.50. The Bertz CT molecular complexity index is 514. The number of carbonyl (C=O) groups excluding carboxylic acids is 1. The normalized spacial score (nSPS) is 11.2. The van der Waals surface area contributed by atoms with Gasteiger partial charge >= 0.3 is 0 Å². The lowest BCUT2D eigenvalue weighted by Gasteiger charge is -2.08. The van der Waals surface area contributed by atoms with Crippen LogP contribution in [0.15, 0.2) is 28.8 Å². The van der Waals surface area contributed by atoms with Gasteiger partial charge in [-0.3, -0.25) is 14.9 Å². The molecule has 1 rings (SSSR count). The molecule has 0 radical (unpaired) electrons. The summed E-state index contributed by atoms with van der Waals surface area (Å²) < 4.78 is 5.26. The van der Waals surface area contributed by atoms with Crippen LogP contribution in [0.1, 0.15) is 17.3 Å². The first-order chi connectivity index (χ1) is 8.45. The van der Waals surface area contributed by atoms with E-state index in [4.69, 9.17) is 27.9 Å². The average molecular weight is 290 g/mol. The van der Waals surface area contributed by atoms with Crippen LogP contribution in [-0.2, 0) is 0 Å². The molecule has 0 aliphatic heterocycles. The number of hydrogen-bond donors (Lipinski definition) is 0. The second kappa shape index (κ2) is 6.37. The maximum Gasteiger partial charge on any atom is 0.270 e. The highest BCUT2D eigenvalue weighted by molar-refractivity contribution is 6.36. The minimum absolute atomic E-state index is 0.0108. The SMILES string of the molecule is CC(=O)c1cc([N+](=O)[O-])ccc1OC/C(Cl)=C/Cl. The molecule has 5 nitrogen and oxygen atoms in total. The zero-order chi connectivity index (χ0) is 13.7. The molecule has 7 heteroatoms. The van der Waals surface area contributed by atoms with E-state index < -0.39 is 4.92 Å². The molecular weight excluding hydrogens is 281 g/mol. The Morgan fingerprint density at radius 1 is 1.56 bits per heavy atom. The van der Waals surface area contributed by atoms with E-state index >= 15 is 0 Å². The number of ether oxygens (including phenoxy) is 1. The lowest BCUT2D eigenvalue weighted by molar-refractivity contribution is -0.384. The Hall–Kier alpha value is -1.59. The topological polar surface area (TPSA) is 69.4 Å². The van der Waals surface area contributed by atoms with Gasteiger partial charge in [0.25, 0.3) is 5.69 Å². The summed E-state index contributed by atoms with van der Waals surface area (Å²) in [7, 11) is 0. The van der Waals surface area contributed by atoms with E-state index in [9.17, 15) is 14.9 Å². The zero-order valence-electron chi connectivity index (χ0n) is 9.35. The van der Waals surface area contributed by atoms with Gasteiger partial charge in [0, 0.05) is 17.7 Å². The number of benzene rings is 1. The van der Waals surface area contributed by atoms with Gasteiger partial charge in [0.2, 0.25) is 0 Å². The van der Waals surface area contributed by atoms with Crippen molar-refractivity contribution in [1.29, 1.82) is 0 Å². The summed E-state index contributed by atoms with van der Waals surface area (Å²) in [5.74, 6) is -0.107. The highest BCUT2D eigenvalue weighted by Crippen LogP contribution is 2.25. The fraction of sp³-hybridized carbons (Fsp3) is 0.182. The van der Waals surface area contributed by atoms with Crippen molar-refractivity contribution in [3.8, 4) is 5.75 Å². The smallest absolute Gasteiger partial charge is 0.270 e. The van der Waals surface area contributed by atoms with Crippen molar-refractivity contribution >= 4 is 34.7 Å². The summed E-state index contributed by atoms with van der Waals surface area (Å²) in [4.78, 5) is 21.4. The quantitative estimate of drug-likeness (QED) is 0.473. The van der Waals surface area contributed by atoms with Crippen LogP contribution in [0.5, 0.6) is 5.75 Å². The molecule has 96 valence electrons. The zero-order valence-corrected chi connectivity index (χ0v) is 10.9. The first-order valence-electron chi connectivity index (χ1n) is 4.82. The largest absolute Gasteiger partial charge is 0.487 e. The first-order valence-corrected chi connectivity index (χ1v) is 5.64. The van der Waals surface area contributed by atoms with E-state index in [2.05, 4.69) is 0 Å². The number of nitrogens with zero attached hydrogens (tertiary/aromatic N) is 1. The second-order valence-electron chi connectivity index (χ2n) is 3.34. The lowest BCUT2D eigenvalue weighted by atomic mass is 10.1. The maximum absolute atomic E-state index is 11.4. The van der Waals surface area contributed by atoms with E-state index in [1.807, 2.05) is 0 Å². The van der Waals surface area contributed by atoms with Crippen molar-refractivity contribution in [3.63, 3.8) is 0 Å². The molecule has 0 aromatic heterocycles. The number of hydrogen-bond acceptors (Lipinski definition) is 4. The van der Waals surface area contributed by atoms with Gasteiger partial charge in [0.1, 0.15) is 12.4 Å². The molecule has 1 aromatic carbocycles. The van der Waals surface area contributed by atoms with Gasteiger partial charge in [-0.1, -0.05) is 23.2 Å². The molecule has 0 bridgehead atoms. The number of ketones is 1. The van der Waals surface area contributed by atoms with Gasteiger partial charge in [-0.25, -0.2) is 0 Å². The monoisotopic (exact) mass is 289 g/mol. The van der Waals surface area contributed by atoms with Crippen LogP contribution in [0, 0.1) is 10.1 Å². The van der Waals surface area contributed by atoms with Gasteiger partial charge in [0.15, 0.2) is 5.78 Å². The third kappa shape index (κ3) is 3.72. The molecule has 18 heavy (non-hydrogen) atoms. The number of carbonyl (C=O) groups is 1. The van der Waals surface area contributed by atoms with Crippen LogP contribution in [0.4, 0.5) is 5.69 Å². The fourth-order valence-corrected chi connectivity index (χ4v) is 1.33. The van der Waals surface area contributed by atoms with Crippen molar-refractivity contribution in [2.24, 2.45) is 0 Å². The van der Waals surface area contributed by atoms with Crippen LogP contribution in [-0.4, -0.2) is 17.3 Å². The van der Waals surface area contributed by atoms with Gasteiger partial charge in [-0.15, -0.1) is 0 Å². The minimum atomic E-state index is -0.581. The van der Waals surface area contributed by atoms with Gasteiger partial charge in [0.05, 0.1) is 15.5 Å². The minimum Gasteiger partial charge on any atom is -0.487 e. The van der Waals surface area contributed by atoms with Crippen LogP contribution in [0.25, 0.3) is 0 Å². The molecule has 0 aliphatic rings. The van der Waals surface area contributed by atoms with E-state index in [-0.39, 0.29) is 34.4 Å². The summed E-state index contributed by atoms with van der Waals surface area (Å²) in [6, 6.07) is 3.77. The summed E-state index contributed by atoms with van der Waals surface area (Å²) in [5.41, 5.74) is 1.09. The van der Waals surface area contributed by atoms with Crippen molar-refractivity contribution in [2.75, 3.05) is 6.61 Å². The molecule has 0 aliphatic carbocycles. The summed E-state index contributed by atoms with van der Waals surface area (Å²) in [6.45, 7) is 1.29. The molecule has 0 heterocycles. The third-order valence-electron chi connectivity index (χ3n) is 2.04. The number of nitro groups is 1. The molecule has 0 amide bonds. The van der Waals surface area contributed by atoms with Crippen LogP contribution in [0.3, 0.4) is 0 Å². The van der Waals surface area contributed by atoms with E-state index in [1.165, 1.54) is 19.1 Å². The Kier molecular flexibility index (Phi) is 5.12. The summed E-state index contributed by atoms with van der Waals surface area (Å²) >= 11 is 11.0. The highest BCUT2D eigenvalue weighted by Gasteiger charge is 2.15. The first kappa shape index (κ1) is 14.5. The highest BCUT2D eigenvalue weighted by atomic mass is 35.5. The molecule has 1 aromatic rings. The van der Waals surface area contributed by atoms with Crippen LogP contribution in [0.2, 0.25) is 0 Å². The van der Waals surface area contributed by atoms with Crippen LogP contribution >= 0.6 is 23.2 Å². The fourth-order valence-electron chi connectivity index (χ4n) is 1.21. The Labute approximate surface area is 113 Å². The van der Waals surface area contributed by atoms with Crippen molar-refractivity contribution in [3.05, 3.63) is 44.4 Å². The summed E-state index contributed by atoms with van der Waals surface area (Å²) in [5, 5.41) is 10.9. The maximum atomic E-state index is 11.4. The van der Waals surface area contributed by atoms with E-state index in [0.717, 1.165) is 11.6 Å². The van der Waals surface area contributed by atoms with Crippen molar-refractivity contribution in [2.45, 2.75) is 6.92 Å². The molecule has 0 spiro atoms. The average Bonchev–Trinajstić information content (AvgIpc) is 2.35. The summed E-state index contributed by atoms with van der Waals surface area (Å²) in [6.07, 6.45) is 0. The predicted molar refractivity (Wildman–Crippen MR) is 68.4 cm³/mol. The van der Waals surface area contributed by atoms with Crippen molar-refractivity contribution in [1.82, 2.24) is 0 Å². The van der Waals surface area contributed by atoms with Crippen molar-refractivity contribution < 1.29 is 14.5 Å². The van der Waals surface area contributed by atoms with E-state index in [1.54, 1.807) is 0 Å². The molecule has 0 fully saturated rings. The number of Topliss-reactive ketones (excluding diaryl/α,β-unsaturated/α-hetero) is 1. The number of rotatable bonds is 5. The van der Waals surface area contributed by atoms with E-state index in [0.29, 0.717) is 0 Å². The Morgan fingerprint density at radius 3 is 2.72 bits per heavy atom. The lowest BCUT2D eigenvalue weighted by Crippen LogP contribution is -2.04. The van der Waals surface area contributed by atoms with Crippen LogP contribution < -0.4 is 4.74 Å². The van der Waals surface area contributed by atoms with Gasteiger partial charge in [-0.2, -0.15) is 0 Å². The number of nitro benzene ring substituents is 1. The van der Waals surface area contributed by atoms with Gasteiger partial charge in [-0.05, 0) is 13.0 Å². The Balaban J connectivity index is 3.04.